The summed E-state index contributed by atoms with van der Waals surface area (Å²) in [6, 6.07) is 11.1. The Morgan fingerprint density at radius 3 is 2.76 bits per heavy atom. The summed E-state index contributed by atoms with van der Waals surface area (Å²) in [5.74, 6) is 0.722. The van der Waals surface area contributed by atoms with E-state index in [-0.39, 0.29) is 5.91 Å². The zero-order valence-corrected chi connectivity index (χ0v) is 14.5. The van der Waals surface area contributed by atoms with Crippen molar-refractivity contribution in [1.29, 1.82) is 0 Å². The van der Waals surface area contributed by atoms with Gasteiger partial charge in [-0.1, -0.05) is 11.6 Å². The van der Waals surface area contributed by atoms with Crippen molar-refractivity contribution in [3.8, 4) is 5.75 Å². The van der Waals surface area contributed by atoms with Crippen LogP contribution in [-0.2, 0) is 11.2 Å². The fourth-order valence-corrected chi connectivity index (χ4v) is 3.38. The summed E-state index contributed by atoms with van der Waals surface area (Å²) in [6.45, 7) is 3.62. The molecule has 1 amide bonds. The van der Waals surface area contributed by atoms with E-state index in [1.807, 2.05) is 24.3 Å². The normalized spacial score (nSPS) is 16.3. The molecule has 6 heteroatoms. The third-order valence-corrected chi connectivity index (χ3v) is 4.75. The minimum atomic E-state index is -0.147. The molecule has 5 nitrogen and oxygen atoms in total. The number of fused-ring (bicyclic) bond motifs is 1. The van der Waals surface area contributed by atoms with Crippen LogP contribution < -0.4 is 15.0 Å². The maximum absolute atomic E-state index is 12.7. The highest BCUT2D eigenvalue weighted by molar-refractivity contribution is 6.31. The smallest absolute Gasteiger partial charge is 0.255 e. The van der Waals surface area contributed by atoms with Crippen LogP contribution >= 0.6 is 11.6 Å². The SMILES string of the molecule is O=C(Nc1cc(Cl)ccc1N1CCOCC1)c1ccc2c(c1)CCO2. The molecule has 130 valence electrons. The van der Waals surface area contributed by atoms with Gasteiger partial charge in [0.2, 0.25) is 0 Å². The molecule has 0 unspecified atom stereocenters. The van der Waals surface area contributed by atoms with Gasteiger partial charge in [-0.15, -0.1) is 0 Å². The third kappa shape index (κ3) is 3.43. The van der Waals surface area contributed by atoms with Crippen molar-refractivity contribution in [3.63, 3.8) is 0 Å². The number of halogens is 1. The first-order valence-corrected chi connectivity index (χ1v) is 8.78. The molecule has 2 aliphatic rings. The quantitative estimate of drug-likeness (QED) is 0.914. The largest absolute Gasteiger partial charge is 0.493 e. The molecule has 1 saturated heterocycles. The first-order valence-electron chi connectivity index (χ1n) is 8.40. The summed E-state index contributed by atoms with van der Waals surface area (Å²) < 4.78 is 10.9. The first-order chi connectivity index (χ1) is 12.2. The van der Waals surface area contributed by atoms with Crippen LogP contribution in [0.2, 0.25) is 5.02 Å². The molecule has 0 saturated carbocycles. The van der Waals surface area contributed by atoms with Gasteiger partial charge in [0.15, 0.2) is 0 Å². The molecule has 2 aliphatic heterocycles. The van der Waals surface area contributed by atoms with E-state index < -0.39 is 0 Å². The Bertz CT molecular complexity index is 803. The van der Waals surface area contributed by atoms with Gasteiger partial charge >= 0.3 is 0 Å². The summed E-state index contributed by atoms with van der Waals surface area (Å²) in [5, 5.41) is 3.60. The molecule has 1 fully saturated rings. The Kier molecular flexibility index (Phi) is 4.51. The lowest BCUT2D eigenvalue weighted by Crippen LogP contribution is -2.36. The molecular weight excluding hydrogens is 340 g/mol. The summed E-state index contributed by atoms with van der Waals surface area (Å²) >= 11 is 6.15. The van der Waals surface area contributed by atoms with Crippen LogP contribution in [0.5, 0.6) is 5.75 Å². The van der Waals surface area contributed by atoms with Crippen molar-refractivity contribution in [2.45, 2.75) is 6.42 Å². The van der Waals surface area contributed by atoms with Gasteiger partial charge in [0, 0.05) is 30.1 Å². The Morgan fingerprint density at radius 1 is 1.08 bits per heavy atom. The second-order valence-corrected chi connectivity index (χ2v) is 6.57. The zero-order chi connectivity index (χ0) is 17.2. The highest BCUT2D eigenvalue weighted by atomic mass is 35.5. The van der Waals surface area contributed by atoms with Crippen molar-refractivity contribution in [3.05, 3.63) is 52.5 Å². The molecule has 4 rings (SSSR count). The Hall–Kier alpha value is -2.24. The number of nitrogens with zero attached hydrogens (tertiary/aromatic N) is 1. The van der Waals surface area contributed by atoms with Crippen molar-refractivity contribution in [2.75, 3.05) is 43.1 Å². The van der Waals surface area contributed by atoms with E-state index in [1.54, 1.807) is 12.1 Å². The van der Waals surface area contributed by atoms with Gasteiger partial charge in [-0.05, 0) is 42.0 Å². The molecule has 0 bridgehead atoms. The molecule has 0 atom stereocenters. The molecule has 2 heterocycles. The predicted molar refractivity (Wildman–Crippen MR) is 98.1 cm³/mol. The van der Waals surface area contributed by atoms with Crippen molar-refractivity contribution >= 4 is 28.9 Å². The Labute approximate surface area is 151 Å². The molecule has 2 aromatic carbocycles. The van der Waals surface area contributed by atoms with Gasteiger partial charge in [0.1, 0.15) is 5.75 Å². The number of morpholine rings is 1. The number of carbonyl (C=O) groups excluding carboxylic acids is 1. The molecular formula is C19H19ClN2O3. The Balaban J connectivity index is 1.59. The van der Waals surface area contributed by atoms with Crippen LogP contribution in [0.4, 0.5) is 11.4 Å². The average Bonchev–Trinajstić information content (AvgIpc) is 3.10. The lowest BCUT2D eigenvalue weighted by Gasteiger charge is -2.30. The van der Waals surface area contributed by atoms with Crippen LogP contribution in [-0.4, -0.2) is 38.8 Å². The lowest BCUT2D eigenvalue weighted by molar-refractivity contribution is 0.102. The van der Waals surface area contributed by atoms with E-state index in [0.29, 0.717) is 30.4 Å². The second kappa shape index (κ2) is 6.94. The van der Waals surface area contributed by atoms with E-state index in [0.717, 1.165) is 42.2 Å². The van der Waals surface area contributed by atoms with Crippen LogP contribution in [0.3, 0.4) is 0 Å². The number of hydrogen-bond acceptors (Lipinski definition) is 4. The van der Waals surface area contributed by atoms with Crippen molar-refractivity contribution < 1.29 is 14.3 Å². The summed E-state index contributed by atoms with van der Waals surface area (Å²) in [7, 11) is 0. The van der Waals surface area contributed by atoms with E-state index >= 15 is 0 Å². The summed E-state index contributed by atoms with van der Waals surface area (Å²) in [4.78, 5) is 14.9. The number of carbonyl (C=O) groups is 1. The minimum absolute atomic E-state index is 0.147. The molecule has 0 aliphatic carbocycles. The van der Waals surface area contributed by atoms with Crippen molar-refractivity contribution in [1.82, 2.24) is 0 Å². The fourth-order valence-electron chi connectivity index (χ4n) is 3.21. The summed E-state index contributed by atoms with van der Waals surface area (Å²) in [6.07, 6.45) is 0.840. The minimum Gasteiger partial charge on any atom is -0.493 e. The van der Waals surface area contributed by atoms with E-state index in [9.17, 15) is 4.79 Å². The number of hydrogen-bond donors (Lipinski definition) is 1. The van der Waals surface area contributed by atoms with Gasteiger partial charge in [-0.3, -0.25) is 4.79 Å². The molecule has 2 aromatic rings. The molecule has 1 N–H and O–H groups in total. The highest BCUT2D eigenvalue weighted by Crippen LogP contribution is 2.31. The molecule has 0 spiro atoms. The zero-order valence-electron chi connectivity index (χ0n) is 13.8. The van der Waals surface area contributed by atoms with Gasteiger partial charge < -0.3 is 19.7 Å². The van der Waals surface area contributed by atoms with Crippen molar-refractivity contribution in [2.24, 2.45) is 0 Å². The van der Waals surface area contributed by atoms with E-state index in [1.165, 1.54) is 0 Å². The number of rotatable bonds is 3. The maximum Gasteiger partial charge on any atom is 0.255 e. The number of anilines is 2. The number of ether oxygens (including phenoxy) is 2. The van der Waals surface area contributed by atoms with Crippen LogP contribution in [0, 0.1) is 0 Å². The topological polar surface area (TPSA) is 50.8 Å². The average molecular weight is 359 g/mol. The van der Waals surface area contributed by atoms with E-state index in [2.05, 4.69) is 10.2 Å². The predicted octanol–water partition coefficient (Wildman–Crippen LogP) is 3.36. The number of benzene rings is 2. The summed E-state index contributed by atoms with van der Waals surface area (Å²) in [5.41, 5.74) is 3.38. The van der Waals surface area contributed by atoms with Gasteiger partial charge in [-0.2, -0.15) is 0 Å². The third-order valence-electron chi connectivity index (χ3n) is 4.51. The fraction of sp³-hybridized carbons (Fsp3) is 0.316. The lowest BCUT2D eigenvalue weighted by atomic mass is 10.1. The number of amides is 1. The van der Waals surface area contributed by atoms with Gasteiger partial charge in [0.05, 0.1) is 31.2 Å². The second-order valence-electron chi connectivity index (χ2n) is 6.14. The number of nitrogens with one attached hydrogen (secondary N) is 1. The maximum atomic E-state index is 12.7. The highest BCUT2D eigenvalue weighted by Gasteiger charge is 2.19. The van der Waals surface area contributed by atoms with E-state index in [4.69, 9.17) is 21.1 Å². The molecule has 0 radical (unpaired) electrons. The first kappa shape index (κ1) is 16.2. The van der Waals surface area contributed by atoms with Crippen LogP contribution in [0.25, 0.3) is 0 Å². The monoisotopic (exact) mass is 358 g/mol. The van der Waals surface area contributed by atoms with Gasteiger partial charge in [0.25, 0.3) is 5.91 Å². The van der Waals surface area contributed by atoms with Crippen LogP contribution in [0.1, 0.15) is 15.9 Å². The van der Waals surface area contributed by atoms with Gasteiger partial charge in [-0.25, -0.2) is 0 Å². The Morgan fingerprint density at radius 2 is 1.92 bits per heavy atom. The molecule has 0 aromatic heterocycles. The molecule has 25 heavy (non-hydrogen) atoms. The van der Waals surface area contributed by atoms with Crippen LogP contribution in [0.15, 0.2) is 36.4 Å². The standard InChI is InChI=1S/C19H19ClN2O3/c20-15-2-3-17(22-6-9-24-10-7-22)16(12-15)21-19(23)14-1-4-18-13(11-14)5-8-25-18/h1-4,11-12H,5-10H2,(H,21,23).